The number of nitrogens with one attached hydrogen (secondary N) is 1. The number of carbonyl (C=O) groups is 2. The van der Waals surface area contributed by atoms with Gasteiger partial charge in [0.1, 0.15) is 16.5 Å². The van der Waals surface area contributed by atoms with Crippen molar-refractivity contribution in [1.82, 2.24) is 14.9 Å². The molecule has 3 aromatic heterocycles. The van der Waals surface area contributed by atoms with E-state index in [0.29, 0.717) is 28.1 Å². The molecule has 5 heterocycles. The lowest BCUT2D eigenvalue weighted by atomic mass is 9.95. The second-order valence-electron chi connectivity index (χ2n) is 10.4. The predicted octanol–water partition coefficient (Wildman–Crippen LogP) is 6.59. The summed E-state index contributed by atoms with van der Waals surface area (Å²) in [5.41, 5.74) is 2.45. The number of amides is 2. The van der Waals surface area contributed by atoms with Gasteiger partial charge in [0, 0.05) is 40.2 Å². The van der Waals surface area contributed by atoms with Crippen molar-refractivity contribution in [2.45, 2.75) is 40.2 Å². The number of benzene rings is 1. The lowest BCUT2D eigenvalue weighted by Crippen LogP contribution is -2.28. The minimum Gasteiger partial charge on any atom is -0.362 e. The Morgan fingerprint density at radius 3 is 2.76 bits per heavy atom. The molecule has 38 heavy (non-hydrogen) atoms. The maximum atomic E-state index is 13.3. The standard InChI is InChI=1S/C29H29N5O2S2/c1-15(2)19-10-11-34(14-19)29(36)24-12-21-26(32-17(4)33-28(21)38-24)31-16(3)22-8-9-23(37-22)20-7-5-6-18-13-30-27(35)25(18)20/h5-9,12-13,15-16,19H,10-11,14H2,1-4H3,(H,31,32,33). The topological polar surface area (TPSA) is 87.5 Å². The van der Waals surface area contributed by atoms with Gasteiger partial charge in [0.2, 0.25) is 0 Å². The summed E-state index contributed by atoms with van der Waals surface area (Å²) in [7, 11) is 0. The molecule has 0 bridgehead atoms. The van der Waals surface area contributed by atoms with Gasteiger partial charge in [-0.05, 0) is 50.3 Å². The van der Waals surface area contributed by atoms with E-state index in [1.165, 1.54) is 11.3 Å². The quantitative estimate of drug-likeness (QED) is 0.296. The van der Waals surface area contributed by atoms with E-state index in [-0.39, 0.29) is 17.9 Å². The van der Waals surface area contributed by atoms with Crippen molar-refractivity contribution in [2.75, 3.05) is 18.4 Å². The Kier molecular flexibility index (Phi) is 6.36. The maximum absolute atomic E-state index is 13.3. The molecule has 9 heteroatoms. The van der Waals surface area contributed by atoms with Gasteiger partial charge >= 0.3 is 0 Å². The van der Waals surface area contributed by atoms with Crippen LogP contribution in [0.2, 0.25) is 0 Å². The van der Waals surface area contributed by atoms with Crippen LogP contribution >= 0.6 is 22.7 Å². The fraction of sp³-hybridized carbons (Fsp3) is 0.345. The fourth-order valence-electron chi connectivity index (χ4n) is 5.24. The Labute approximate surface area is 229 Å². The highest BCUT2D eigenvalue weighted by atomic mass is 32.1. The molecule has 0 radical (unpaired) electrons. The molecule has 0 aliphatic carbocycles. The highest BCUT2D eigenvalue weighted by molar-refractivity contribution is 7.20. The summed E-state index contributed by atoms with van der Waals surface area (Å²) < 4.78 is 0. The Hall–Kier alpha value is -3.43. The zero-order valence-corrected chi connectivity index (χ0v) is 23.4. The first kappa shape index (κ1) is 24.9. The van der Waals surface area contributed by atoms with Crippen molar-refractivity contribution in [3.05, 3.63) is 63.1 Å². The average Bonchev–Trinajstić information content (AvgIpc) is 3.69. The van der Waals surface area contributed by atoms with Crippen molar-refractivity contribution in [2.24, 2.45) is 16.8 Å². The number of aliphatic imine (C=N–C) groups is 1. The molecule has 0 saturated carbocycles. The molecule has 0 spiro atoms. The Bertz CT molecular complexity index is 1600. The van der Waals surface area contributed by atoms with Gasteiger partial charge in [-0.2, -0.15) is 0 Å². The smallest absolute Gasteiger partial charge is 0.278 e. The summed E-state index contributed by atoms with van der Waals surface area (Å²) in [5, 5.41) is 4.43. The van der Waals surface area contributed by atoms with Crippen LogP contribution in [0.4, 0.5) is 5.82 Å². The van der Waals surface area contributed by atoms with Crippen molar-refractivity contribution >= 4 is 56.7 Å². The van der Waals surface area contributed by atoms with Crippen molar-refractivity contribution < 1.29 is 9.59 Å². The van der Waals surface area contributed by atoms with Gasteiger partial charge in [0.25, 0.3) is 11.8 Å². The van der Waals surface area contributed by atoms with E-state index in [4.69, 9.17) is 4.98 Å². The monoisotopic (exact) mass is 543 g/mol. The van der Waals surface area contributed by atoms with Gasteiger partial charge in [-0.15, -0.1) is 22.7 Å². The summed E-state index contributed by atoms with van der Waals surface area (Å²) in [6.07, 6.45) is 2.70. The third-order valence-electron chi connectivity index (χ3n) is 7.47. The third kappa shape index (κ3) is 4.43. The van der Waals surface area contributed by atoms with E-state index >= 15 is 0 Å². The highest BCUT2D eigenvalue weighted by Crippen LogP contribution is 2.38. The fourth-order valence-corrected chi connectivity index (χ4v) is 7.32. The molecule has 2 aliphatic rings. The van der Waals surface area contributed by atoms with Crippen LogP contribution in [0.1, 0.15) is 69.5 Å². The van der Waals surface area contributed by atoms with E-state index < -0.39 is 0 Å². The number of nitrogens with zero attached hydrogens (tertiary/aromatic N) is 4. The third-order valence-corrected chi connectivity index (χ3v) is 9.79. The first-order valence-corrected chi connectivity index (χ1v) is 14.6. The van der Waals surface area contributed by atoms with Crippen LogP contribution in [0.5, 0.6) is 0 Å². The van der Waals surface area contributed by atoms with Crippen LogP contribution in [0, 0.1) is 18.8 Å². The molecule has 1 fully saturated rings. The number of aryl methyl sites for hydroxylation is 1. The molecule has 2 atom stereocenters. The number of rotatable bonds is 6. The predicted molar refractivity (Wildman–Crippen MR) is 155 cm³/mol. The van der Waals surface area contributed by atoms with Crippen molar-refractivity contribution in [1.29, 1.82) is 0 Å². The molecular formula is C29H29N5O2S2. The number of carbonyl (C=O) groups excluding carboxylic acids is 2. The number of thiophene rings is 2. The lowest BCUT2D eigenvalue weighted by molar-refractivity contribution is 0.0788. The van der Waals surface area contributed by atoms with E-state index in [0.717, 1.165) is 56.4 Å². The number of fused-ring (bicyclic) bond motifs is 2. The second-order valence-corrected chi connectivity index (χ2v) is 12.5. The highest BCUT2D eigenvalue weighted by Gasteiger charge is 2.30. The van der Waals surface area contributed by atoms with Gasteiger partial charge in [0.05, 0.1) is 21.9 Å². The van der Waals surface area contributed by atoms with Crippen molar-refractivity contribution in [3.8, 4) is 10.4 Å². The number of anilines is 1. The molecule has 2 unspecified atom stereocenters. The molecular weight excluding hydrogens is 514 g/mol. The van der Waals surface area contributed by atoms with Gasteiger partial charge in [0.15, 0.2) is 0 Å². The van der Waals surface area contributed by atoms with Gasteiger partial charge in [-0.1, -0.05) is 32.0 Å². The zero-order valence-electron chi connectivity index (χ0n) is 21.8. The first-order valence-electron chi connectivity index (χ1n) is 12.9. The number of aromatic nitrogens is 2. The van der Waals surface area contributed by atoms with Crippen LogP contribution < -0.4 is 5.32 Å². The molecule has 1 aromatic carbocycles. The Balaban J connectivity index is 1.25. The molecule has 7 nitrogen and oxygen atoms in total. The minimum atomic E-state index is -0.188. The maximum Gasteiger partial charge on any atom is 0.278 e. The van der Waals surface area contributed by atoms with Crippen LogP contribution in [-0.4, -0.2) is 46.0 Å². The number of likely N-dealkylation sites (tertiary alicyclic amines) is 1. The molecule has 2 amide bonds. The average molecular weight is 544 g/mol. The van der Waals surface area contributed by atoms with Crippen LogP contribution in [0.3, 0.4) is 0 Å². The van der Waals surface area contributed by atoms with E-state index in [1.807, 2.05) is 36.1 Å². The molecule has 4 aromatic rings. The Morgan fingerprint density at radius 1 is 1.13 bits per heavy atom. The SMILES string of the molecule is Cc1nc(NC(C)c2ccc(-c3cccc4c3C(=O)N=C4)s2)c2cc(C(=O)N3CCC(C(C)C)C3)sc2n1. The largest absolute Gasteiger partial charge is 0.362 e. The first-order chi connectivity index (χ1) is 18.3. The van der Waals surface area contributed by atoms with Crippen LogP contribution in [0.25, 0.3) is 20.7 Å². The second kappa shape index (κ2) is 9.71. The normalized spacial score (nSPS) is 17.6. The molecule has 2 aliphatic heterocycles. The number of hydrogen-bond acceptors (Lipinski definition) is 7. The van der Waals surface area contributed by atoms with Crippen molar-refractivity contribution in [3.63, 3.8) is 0 Å². The zero-order chi connectivity index (χ0) is 26.6. The van der Waals surface area contributed by atoms with E-state index in [2.05, 4.69) is 48.2 Å². The molecule has 1 N–H and O–H groups in total. The van der Waals surface area contributed by atoms with E-state index in [1.54, 1.807) is 17.6 Å². The minimum absolute atomic E-state index is 0.0283. The summed E-state index contributed by atoms with van der Waals surface area (Å²) in [6, 6.07) is 11.9. The summed E-state index contributed by atoms with van der Waals surface area (Å²) in [6.45, 7) is 10.1. The Morgan fingerprint density at radius 2 is 1.97 bits per heavy atom. The van der Waals surface area contributed by atoms with Crippen LogP contribution in [-0.2, 0) is 0 Å². The lowest BCUT2D eigenvalue weighted by Gasteiger charge is -2.17. The van der Waals surface area contributed by atoms with Gasteiger partial charge in [-0.3, -0.25) is 9.59 Å². The number of hydrogen-bond donors (Lipinski definition) is 1. The molecule has 194 valence electrons. The summed E-state index contributed by atoms with van der Waals surface area (Å²) in [5.74, 6) is 2.44. The van der Waals surface area contributed by atoms with Crippen LogP contribution in [0.15, 0.2) is 41.4 Å². The van der Waals surface area contributed by atoms with Gasteiger partial charge < -0.3 is 10.2 Å². The van der Waals surface area contributed by atoms with Gasteiger partial charge in [-0.25, -0.2) is 15.0 Å². The van der Waals surface area contributed by atoms with E-state index in [9.17, 15) is 9.59 Å². The molecule has 6 rings (SSSR count). The molecule has 1 saturated heterocycles. The summed E-state index contributed by atoms with van der Waals surface area (Å²) in [4.78, 5) is 44.6. The summed E-state index contributed by atoms with van der Waals surface area (Å²) >= 11 is 3.09.